The molecule has 2 aliphatic heterocycles. The van der Waals surface area contributed by atoms with Crippen LogP contribution in [0.4, 0.5) is 5.69 Å². The molecule has 3 fully saturated rings. The fourth-order valence-electron chi connectivity index (χ4n) is 8.98. The number of benzene rings is 4. The number of ether oxygens (including phenoxy) is 1. The molecule has 49 heavy (non-hydrogen) atoms. The van der Waals surface area contributed by atoms with Crippen LogP contribution < -0.4 is 9.64 Å². The van der Waals surface area contributed by atoms with E-state index in [-0.39, 0.29) is 42.2 Å². The van der Waals surface area contributed by atoms with E-state index in [2.05, 4.69) is 0 Å². The van der Waals surface area contributed by atoms with Gasteiger partial charge in [-0.25, -0.2) is 4.90 Å². The molecule has 0 aromatic heterocycles. The van der Waals surface area contributed by atoms with Crippen LogP contribution in [0, 0.1) is 23.7 Å². The number of halogens is 1. The van der Waals surface area contributed by atoms with Crippen molar-refractivity contribution in [2.45, 2.75) is 30.7 Å². The van der Waals surface area contributed by atoms with Gasteiger partial charge in [-0.1, -0.05) is 96.0 Å². The summed E-state index contributed by atoms with van der Waals surface area (Å²) in [5.41, 5.74) is 1.97. The number of carbonyl (C=O) groups excluding carboxylic acids is 4. The molecular formula is C40H33ClN2O6. The average Bonchev–Trinajstić information content (AvgIpc) is 3.50. The number of likely N-dealkylation sites (tertiary alicyclic amines) is 1. The maximum atomic E-state index is 15.3. The van der Waals surface area contributed by atoms with E-state index >= 15 is 4.79 Å². The minimum Gasteiger partial charge on any atom is -0.504 e. The maximum absolute atomic E-state index is 15.3. The first-order valence-electron chi connectivity index (χ1n) is 16.4. The molecule has 1 N–H and O–H groups in total. The zero-order valence-electron chi connectivity index (χ0n) is 26.7. The lowest BCUT2D eigenvalue weighted by atomic mass is 9.49. The summed E-state index contributed by atoms with van der Waals surface area (Å²) in [6, 6.07) is 30.4. The predicted octanol–water partition coefficient (Wildman–Crippen LogP) is 6.42. The largest absolute Gasteiger partial charge is 0.504 e. The van der Waals surface area contributed by atoms with E-state index in [4.69, 9.17) is 16.3 Å². The maximum Gasteiger partial charge on any atom is 0.246 e. The van der Waals surface area contributed by atoms with Crippen molar-refractivity contribution >= 4 is 40.9 Å². The second-order valence-corrected chi connectivity index (χ2v) is 13.7. The zero-order valence-corrected chi connectivity index (χ0v) is 27.4. The summed E-state index contributed by atoms with van der Waals surface area (Å²) in [7, 11) is 1.46. The number of allylic oxidation sites excluding steroid dienone is 2. The van der Waals surface area contributed by atoms with Gasteiger partial charge < -0.3 is 9.84 Å². The van der Waals surface area contributed by atoms with Crippen molar-refractivity contribution in [2.24, 2.45) is 23.7 Å². The van der Waals surface area contributed by atoms with Crippen LogP contribution >= 0.6 is 11.6 Å². The molecule has 8 nitrogen and oxygen atoms in total. The molecule has 0 unspecified atom stereocenters. The molecule has 2 heterocycles. The van der Waals surface area contributed by atoms with Crippen molar-refractivity contribution in [3.63, 3.8) is 0 Å². The third kappa shape index (κ3) is 4.57. The van der Waals surface area contributed by atoms with Crippen LogP contribution in [0.2, 0.25) is 5.02 Å². The molecule has 4 amide bonds. The van der Waals surface area contributed by atoms with Crippen LogP contribution in [0.5, 0.6) is 11.5 Å². The van der Waals surface area contributed by atoms with Gasteiger partial charge in [-0.05, 0) is 65.8 Å². The van der Waals surface area contributed by atoms with Crippen LogP contribution in [0.15, 0.2) is 115 Å². The number of phenolic OH excluding ortho intramolecular Hbond substituents is 1. The van der Waals surface area contributed by atoms with Gasteiger partial charge in [0.15, 0.2) is 11.5 Å². The normalized spacial score (nSPS) is 27.5. The Morgan fingerprint density at radius 3 is 2.29 bits per heavy atom. The molecule has 246 valence electrons. The van der Waals surface area contributed by atoms with E-state index in [0.717, 1.165) is 11.1 Å². The topological polar surface area (TPSA) is 104 Å². The van der Waals surface area contributed by atoms with Crippen molar-refractivity contribution in [3.8, 4) is 11.5 Å². The Morgan fingerprint density at radius 2 is 1.57 bits per heavy atom. The standard InChI is InChI=1S/C40H33ClN2O6/c1-49-33-19-24(15-18-32(33)44)35-28-16-17-29-34(38(47)42(36(29)45)22-23-9-4-2-5-10-23)30(28)21-31-37(46)43(27-14-8-13-26(41)20-27)39(48)40(31,35)25-11-6-3-7-12-25/h2-16,18-20,29-31,34-35,44H,17,21-22H2,1H3/t29-,30+,31-,34-,35-,40+/m0/s1. The monoisotopic (exact) mass is 672 g/mol. The molecule has 0 bridgehead atoms. The van der Waals surface area contributed by atoms with Gasteiger partial charge >= 0.3 is 0 Å². The quantitative estimate of drug-likeness (QED) is 0.187. The lowest BCUT2D eigenvalue weighted by Gasteiger charge is -2.50. The van der Waals surface area contributed by atoms with Gasteiger partial charge in [-0.2, -0.15) is 0 Å². The number of methoxy groups -OCH3 is 1. The first kappa shape index (κ1) is 31.1. The number of aromatic hydroxyl groups is 1. The first-order valence-corrected chi connectivity index (χ1v) is 16.8. The summed E-state index contributed by atoms with van der Waals surface area (Å²) in [6.07, 6.45) is 2.55. The summed E-state index contributed by atoms with van der Waals surface area (Å²) < 4.78 is 5.53. The number of carbonyl (C=O) groups is 4. The minimum atomic E-state index is -1.41. The summed E-state index contributed by atoms with van der Waals surface area (Å²) in [6.45, 7) is 0.170. The van der Waals surface area contributed by atoms with Crippen molar-refractivity contribution in [2.75, 3.05) is 12.0 Å². The molecule has 0 radical (unpaired) electrons. The Labute approximate surface area is 288 Å². The van der Waals surface area contributed by atoms with E-state index in [9.17, 15) is 19.5 Å². The fourth-order valence-corrected chi connectivity index (χ4v) is 9.16. The summed E-state index contributed by atoms with van der Waals surface area (Å²) >= 11 is 6.39. The number of imide groups is 2. The Balaban J connectivity index is 1.33. The number of anilines is 1. The lowest BCUT2D eigenvalue weighted by molar-refractivity contribution is -0.141. The molecule has 9 heteroatoms. The predicted molar refractivity (Wildman–Crippen MR) is 183 cm³/mol. The smallest absolute Gasteiger partial charge is 0.246 e. The average molecular weight is 673 g/mol. The van der Waals surface area contributed by atoms with Gasteiger partial charge in [-0.3, -0.25) is 24.1 Å². The van der Waals surface area contributed by atoms with Crippen LogP contribution in [0.1, 0.15) is 35.4 Å². The van der Waals surface area contributed by atoms with Crippen molar-refractivity contribution in [3.05, 3.63) is 136 Å². The molecule has 4 aromatic carbocycles. The Hall–Kier alpha value is -5.21. The summed E-state index contributed by atoms with van der Waals surface area (Å²) in [5, 5.41) is 11.0. The molecule has 2 aliphatic carbocycles. The summed E-state index contributed by atoms with van der Waals surface area (Å²) in [5.74, 6) is -4.44. The molecule has 4 aromatic rings. The van der Waals surface area contributed by atoms with Crippen LogP contribution in [-0.2, 0) is 31.1 Å². The number of rotatable bonds is 6. The number of hydrogen-bond donors (Lipinski definition) is 1. The second-order valence-electron chi connectivity index (χ2n) is 13.3. The first-order chi connectivity index (χ1) is 23.7. The number of hydrogen-bond acceptors (Lipinski definition) is 6. The minimum absolute atomic E-state index is 0.0656. The van der Waals surface area contributed by atoms with Crippen molar-refractivity contribution in [1.29, 1.82) is 0 Å². The highest BCUT2D eigenvalue weighted by Gasteiger charge is 2.70. The molecular weight excluding hydrogens is 640 g/mol. The van der Waals surface area contributed by atoms with Gasteiger partial charge in [0.1, 0.15) is 0 Å². The second kappa shape index (κ2) is 11.7. The number of nitrogens with zero attached hydrogens (tertiary/aromatic N) is 2. The van der Waals surface area contributed by atoms with E-state index in [1.54, 1.807) is 36.4 Å². The van der Waals surface area contributed by atoms with E-state index in [1.165, 1.54) is 23.0 Å². The Kier molecular flexibility index (Phi) is 7.45. The molecule has 6 atom stereocenters. The van der Waals surface area contributed by atoms with Crippen LogP contribution in [0.25, 0.3) is 0 Å². The Morgan fingerprint density at radius 1 is 0.837 bits per heavy atom. The van der Waals surface area contributed by atoms with Crippen LogP contribution in [0.3, 0.4) is 0 Å². The number of fused-ring (bicyclic) bond motifs is 4. The van der Waals surface area contributed by atoms with Crippen molar-refractivity contribution < 1.29 is 29.0 Å². The molecule has 0 spiro atoms. The van der Waals surface area contributed by atoms with Gasteiger partial charge in [0.05, 0.1) is 42.5 Å². The SMILES string of the molecule is COc1cc([C@H]2C3=CC[C@@H]4C(=O)N(Cc5ccccc5)C(=O)[C@@H]4[C@@H]3C[C@H]3C(=O)N(c4cccc(Cl)c4)C(=O)[C@@]23c2ccccc2)ccc1O. The lowest BCUT2D eigenvalue weighted by Crippen LogP contribution is -2.53. The Bertz CT molecular complexity index is 2050. The fraction of sp³-hybridized carbons (Fsp3) is 0.250. The number of phenols is 1. The van der Waals surface area contributed by atoms with Crippen LogP contribution in [-0.4, -0.2) is 40.7 Å². The number of amides is 4. The third-order valence-corrected chi connectivity index (χ3v) is 11.2. The van der Waals surface area contributed by atoms with E-state index < -0.39 is 40.9 Å². The highest BCUT2D eigenvalue weighted by atomic mass is 35.5. The highest BCUT2D eigenvalue weighted by Crippen LogP contribution is 2.64. The summed E-state index contributed by atoms with van der Waals surface area (Å²) in [4.78, 5) is 61.0. The van der Waals surface area contributed by atoms with Gasteiger partial charge in [0, 0.05) is 10.9 Å². The van der Waals surface area contributed by atoms with E-state index in [1.807, 2.05) is 66.7 Å². The third-order valence-electron chi connectivity index (χ3n) is 11.0. The molecule has 8 rings (SSSR count). The van der Waals surface area contributed by atoms with E-state index in [0.29, 0.717) is 28.3 Å². The molecule has 1 saturated carbocycles. The zero-order chi connectivity index (χ0) is 34.0. The van der Waals surface area contributed by atoms with Crippen molar-refractivity contribution in [1.82, 2.24) is 4.90 Å². The molecule has 4 aliphatic rings. The highest BCUT2D eigenvalue weighted by molar-refractivity contribution is 6.32. The molecule has 2 saturated heterocycles. The van der Waals surface area contributed by atoms with Gasteiger partial charge in [0.25, 0.3) is 0 Å². The van der Waals surface area contributed by atoms with Gasteiger partial charge in [0.2, 0.25) is 23.6 Å². The van der Waals surface area contributed by atoms with Gasteiger partial charge in [-0.15, -0.1) is 0 Å².